The molecule has 21 heavy (non-hydrogen) atoms. The highest BCUT2D eigenvalue weighted by Crippen LogP contribution is 2.20. The number of hydrogen-bond donors (Lipinski definition) is 1. The number of nitrogens with one attached hydrogen (secondary N) is 1. The standard InChI is InChI=1S/C16H14FN3O/c1-10-11(2)20-8-4-7-14(15(20)18-10)19-16(21)12-5-3-6-13(17)9-12/h3-9H,1-2H3,(H,19,21). The van der Waals surface area contributed by atoms with Crippen LogP contribution in [-0.2, 0) is 0 Å². The second-order valence-corrected chi connectivity index (χ2v) is 4.86. The first-order valence-electron chi connectivity index (χ1n) is 6.57. The Kier molecular flexibility index (Phi) is 3.17. The highest BCUT2D eigenvalue weighted by atomic mass is 19.1. The second kappa shape index (κ2) is 5.01. The van der Waals surface area contributed by atoms with Crippen LogP contribution in [0.4, 0.5) is 10.1 Å². The number of fused-ring (bicyclic) bond motifs is 1. The maximum absolute atomic E-state index is 13.2. The lowest BCUT2D eigenvalue weighted by atomic mass is 10.2. The summed E-state index contributed by atoms with van der Waals surface area (Å²) in [6, 6.07) is 9.20. The van der Waals surface area contributed by atoms with Gasteiger partial charge in [-0.25, -0.2) is 9.37 Å². The van der Waals surface area contributed by atoms with Gasteiger partial charge in [-0.3, -0.25) is 4.79 Å². The minimum atomic E-state index is -0.437. The molecule has 1 aromatic carbocycles. The zero-order chi connectivity index (χ0) is 15.0. The Morgan fingerprint density at radius 2 is 2.05 bits per heavy atom. The van der Waals surface area contributed by atoms with E-state index in [1.165, 1.54) is 18.2 Å². The van der Waals surface area contributed by atoms with Gasteiger partial charge in [-0.05, 0) is 44.2 Å². The van der Waals surface area contributed by atoms with E-state index in [0.717, 1.165) is 11.4 Å². The molecule has 1 N–H and O–H groups in total. The van der Waals surface area contributed by atoms with Crippen molar-refractivity contribution < 1.29 is 9.18 Å². The van der Waals surface area contributed by atoms with Crippen LogP contribution in [0.15, 0.2) is 42.6 Å². The van der Waals surface area contributed by atoms with Crippen molar-refractivity contribution in [2.45, 2.75) is 13.8 Å². The van der Waals surface area contributed by atoms with Crippen LogP contribution in [0.3, 0.4) is 0 Å². The minimum absolute atomic E-state index is 0.275. The summed E-state index contributed by atoms with van der Waals surface area (Å²) in [6.45, 7) is 3.88. The Labute approximate surface area is 121 Å². The molecule has 0 spiro atoms. The first-order chi connectivity index (χ1) is 10.1. The molecule has 1 amide bonds. The fourth-order valence-electron chi connectivity index (χ4n) is 2.22. The van der Waals surface area contributed by atoms with E-state index in [1.54, 1.807) is 12.1 Å². The molecule has 2 aromatic heterocycles. The average molecular weight is 283 g/mol. The molecule has 4 nitrogen and oxygen atoms in total. The van der Waals surface area contributed by atoms with Crippen LogP contribution >= 0.6 is 0 Å². The topological polar surface area (TPSA) is 46.4 Å². The van der Waals surface area contributed by atoms with Crippen LogP contribution in [0.25, 0.3) is 5.65 Å². The van der Waals surface area contributed by atoms with Gasteiger partial charge in [-0.15, -0.1) is 0 Å². The van der Waals surface area contributed by atoms with Crippen molar-refractivity contribution in [3.8, 4) is 0 Å². The molecule has 0 aliphatic rings. The maximum atomic E-state index is 13.2. The van der Waals surface area contributed by atoms with Gasteiger partial charge >= 0.3 is 0 Å². The number of aryl methyl sites for hydroxylation is 2. The smallest absolute Gasteiger partial charge is 0.255 e. The predicted octanol–water partition coefficient (Wildman–Crippen LogP) is 3.34. The minimum Gasteiger partial charge on any atom is -0.319 e. The molecule has 0 aliphatic carbocycles. The molecule has 106 valence electrons. The van der Waals surface area contributed by atoms with Crippen LogP contribution in [0.2, 0.25) is 0 Å². The van der Waals surface area contributed by atoms with Gasteiger partial charge in [0.05, 0.1) is 11.4 Å². The Morgan fingerprint density at radius 3 is 2.81 bits per heavy atom. The molecule has 0 saturated heterocycles. The monoisotopic (exact) mass is 283 g/mol. The van der Waals surface area contributed by atoms with Gasteiger partial charge in [-0.2, -0.15) is 0 Å². The quantitative estimate of drug-likeness (QED) is 0.784. The average Bonchev–Trinajstić information content (AvgIpc) is 2.76. The molecule has 0 saturated carbocycles. The zero-order valence-electron chi connectivity index (χ0n) is 11.7. The molecule has 0 aliphatic heterocycles. The van der Waals surface area contributed by atoms with Crippen molar-refractivity contribution in [2.75, 3.05) is 5.32 Å². The number of anilines is 1. The largest absolute Gasteiger partial charge is 0.319 e. The molecule has 0 fully saturated rings. The number of nitrogens with zero attached hydrogens (tertiary/aromatic N) is 2. The molecule has 0 radical (unpaired) electrons. The van der Waals surface area contributed by atoms with Gasteiger partial charge in [0.2, 0.25) is 0 Å². The summed E-state index contributed by atoms with van der Waals surface area (Å²) in [7, 11) is 0. The normalized spacial score (nSPS) is 10.8. The Morgan fingerprint density at radius 1 is 1.24 bits per heavy atom. The summed E-state index contributed by atoms with van der Waals surface area (Å²) in [5.41, 5.74) is 3.48. The van der Waals surface area contributed by atoms with E-state index in [2.05, 4.69) is 10.3 Å². The SMILES string of the molecule is Cc1nc2c(NC(=O)c3cccc(F)c3)cccn2c1C. The zero-order valence-corrected chi connectivity index (χ0v) is 11.7. The summed E-state index contributed by atoms with van der Waals surface area (Å²) in [5.74, 6) is -0.797. The van der Waals surface area contributed by atoms with Gasteiger partial charge in [0, 0.05) is 17.5 Å². The molecule has 0 unspecified atom stereocenters. The molecule has 3 aromatic rings. The number of aromatic nitrogens is 2. The lowest BCUT2D eigenvalue weighted by Gasteiger charge is -2.07. The second-order valence-electron chi connectivity index (χ2n) is 4.86. The number of carbonyl (C=O) groups is 1. The molecule has 2 heterocycles. The number of benzene rings is 1. The van der Waals surface area contributed by atoms with Crippen molar-refractivity contribution in [1.29, 1.82) is 0 Å². The van der Waals surface area contributed by atoms with E-state index in [9.17, 15) is 9.18 Å². The number of hydrogen-bond acceptors (Lipinski definition) is 2. The summed E-state index contributed by atoms with van der Waals surface area (Å²) >= 11 is 0. The third-order valence-corrected chi connectivity index (χ3v) is 3.46. The molecular formula is C16H14FN3O. The molecular weight excluding hydrogens is 269 g/mol. The summed E-state index contributed by atoms with van der Waals surface area (Å²) in [5, 5.41) is 2.78. The van der Waals surface area contributed by atoms with E-state index in [-0.39, 0.29) is 11.5 Å². The Balaban J connectivity index is 1.98. The summed E-state index contributed by atoms with van der Waals surface area (Å²) in [6.07, 6.45) is 1.89. The number of pyridine rings is 1. The lowest BCUT2D eigenvalue weighted by molar-refractivity contribution is 0.102. The number of carbonyl (C=O) groups excluding carboxylic acids is 1. The molecule has 0 atom stereocenters. The maximum Gasteiger partial charge on any atom is 0.255 e. The fraction of sp³-hybridized carbons (Fsp3) is 0.125. The van der Waals surface area contributed by atoms with E-state index in [4.69, 9.17) is 0 Å². The van der Waals surface area contributed by atoms with Crippen LogP contribution in [-0.4, -0.2) is 15.3 Å². The van der Waals surface area contributed by atoms with Gasteiger partial charge in [-0.1, -0.05) is 6.07 Å². The molecule has 3 rings (SSSR count). The fourth-order valence-corrected chi connectivity index (χ4v) is 2.22. The Bertz CT molecular complexity index is 839. The third kappa shape index (κ3) is 2.38. The van der Waals surface area contributed by atoms with Crippen molar-refractivity contribution >= 4 is 17.2 Å². The van der Waals surface area contributed by atoms with Crippen molar-refractivity contribution in [3.63, 3.8) is 0 Å². The lowest BCUT2D eigenvalue weighted by Crippen LogP contribution is -2.13. The number of halogens is 1. The van der Waals surface area contributed by atoms with E-state index < -0.39 is 5.82 Å². The third-order valence-electron chi connectivity index (χ3n) is 3.46. The molecule has 0 bridgehead atoms. The van der Waals surface area contributed by atoms with E-state index >= 15 is 0 Å². The Hall–Kier alpha value is -2.69. The first-order valence-corrected chi connectivity index (χ1v) is 6.57. The highest BCUT2D eigenvalue weighted by Gasteiger charge is 2.12. The number of imidazole rings is 1. The highest BCUT2D eigenvalue weighted by molar-refractivity contribution is 6.06. The van der Waals surface area contributed by atoms with Crippen molar-refractivity contribution in [3.05, 3.63) is 65.4 Å². The van der Waals surface area contributed by atoms with Gasteiger partial charge in [0.1, 0.15) is 5.82 Å². The van der Waals surface area contributed by atoms with E-state index in [0.29, 0.717) is 11.3 Å². The molecule has 5 heteroatoms. The van der Waals surface area contributed by atoms with Crippen molar-refractivity contribution in [1.82, 2.24) is 9.38 Å². The van der Waals surface area contributed by atoms with Gasteiger partial charge < -0.3 is 9.72 Å². The van der Waals surface area contributed by atoms with Crippen LogP contribution in [0.5, 0.6) is 0 Å². The predicted molar refractivity (Wildman–Crippen MR) is 79.0 cm³/mol. The van der Waals surface area contributed by atoms with Crippen LogP contribution in [0, 0.1) is 19.7 Å². The number of amides is 1. The van der Waals surface area contributed by atoms with Crippen LogP contribution in [0.1, 0.15) is 21.7 Å². The number of rotatable bonds is 2. The summed E-state index contributed by atoms with van der Waals surface area (Å²) in [4.78, 5) is 16.6. The van der Waals surface area contributed by atoms with Crippen molar-refractivity contribution in [2.24, 2.45) is 0 Å². The van der Waals surface area contributed by atoms with Crippen LogP contribution < -0.4 is 5.32 Å². The first kappa shape index (κ1) is 13.3. The van der Waals surface area contributed by atoms with E-state index in [1.807, 2.05) is 30.5 Å². The summed E-state index contributed by atoms with van der Waals surface area (Å²) < 4.78 is 15.1. The van der Waals surface area contributed by atoms with Gasteiger partial charge in [0.15, 0.2) is 5.65 Å². The van der Waals surface area contributed by atoms with Gasteiger partial charge in [0.25, 0.3) is 5.91 Å².